The van der Waals surface area contributed by atoms with Gasteiger partial charge in [0.15, 0.2) is 0 Å². The minimum Gasteiger partial charge on any atom is -0.480 e. The van der Waals surface area contributed by atoms with Crippen molar-refractivity contribution in [1.82, 2.24) is 4.90 Å². The Kier molecular flexibility index (Phi) is 4.11. The quantitative estimate of drug-likeness (QED) is 0.621. The Morgan fingerprint density at radius 3 is 2.53 bits per heavy atom. The standard InChI is InChI=1S/C11H20N2O4/c1-11(2,12)4-3-9(15)13-6-7(14)5-8(13)10(16)17/h7-8,14H,3-6,12H2,1-2H3,(H,16,17). The summed E-state index contributed by atoms with van der Waals surface area (Å²) >= 11 is 0. The molecule has 1 heterocycles. The van der Waals surface area contributed by atoms with Crippen LogP contribution in [0.2, 0.25) is 0 Å². The first-order valence-electron chi connectivity index (χ1n) is 5.70. The predicted octanol–water partition coefficient (Wildman–Crippen LogP) is -0.450. The van der Waals surface area contributed by atoms with Gasteiger partial charge in [-0.25, -0.2) is 4.79 Å². The summed E-state index contributed by atoms with van der Waals surface area (Å²) in [7, 11) is 0. The maximum Gasteiger partial charge on any atom is 0.326 e. The minimum absolute atomic E-state index is 0.0980. The molecule has 1 amide bonds. The van der Waals surface area contributed by atoms with Crippen molar-refractivity contribution in [3.8, 4) is 0 Å². The van der Waals surface area contributed by atoms with Crippen molar-refractivity contribution in [2.45, 2.75) is 50.8 Å². The van der Waals surface area contributed by atoms with E-state index in [1.54, 1.807) is 0 Å². The molecular weight excluding hydrogens is 224 g/mol. The lowest BCUT2D eigenvalue weighted by atomic mass is 9.99. The Balaban J connectivity index is 2.59. The third kappa shape index (κ3) is 3.98. The summed E-state index contributed by atoms with van der Waals surface area (Å²) in [5, 5.41) is 18.4. The van der Waals surface area contributed by atoms with Gasteiger partial charge in [-0.3, -0.25) is 4.79 Å². The molecule has 0 aromatic carbocycles. The van der Waals surface area contributed by atoms with Gasteiger partial charge in [0, 0.05) is 24.9 Å². The van der Waals surface area contributed by atoms with Gasteiger partial charge in [-0.15, -0.1) is 0 Å². The number of rotatable bonds is 4. The van der Waals surface area contributed by atoms with E-state index in [-0.39, 0.29) is 25.3 Å². The molecule has 6 heteroatoms. The molecule has 17 heavy (non-hydrogen) atoms. The number of amides is 1. The van der Waals surface area contributed by atoms with Crippen LogP contribution >= 0.6 is 0 Å². The van der Waals surface area contributed by atoms with Crippen LogP contribution in [0.15, 0.2) is 0 Å². The summed E-state index contributed by atoms with van der Waals surface area (Å²) in [5.74, 6) is -1.32. The highest BCUT2D eigenvalue weighted by Crippen LogP contribution is 2.20. The molecule has 2 unspecified atom stereocenters. The predicted molar refractivity (Wildman–Crippen MR) is 61.3 cm³/mol. The topological polar surface area (TPSA) is 104 Å². The molecule has 0 aromatic rings. The molecule has 6 nitrogen and oxygen atoms in total. The number of aliphatic carboxylic acids is 1. The van der Waals surface area contributed by atoms with Gasteiger partial charge in [0.25, 0.3) is 0 Å². The molecule has 4 N–H and O–H groups in total. The van der Waals surface area contributed by atoms with Crippen LogP contribution in [0.25, 0.3) is 0 Å². The van der Waals surface area contributed by atoms with E-state index >= 15 is 0 Å². The van der Waals surface area contributed by atoms with Crippen molar-refractivity contribution >= 4 is 11.9 Å². The number of hydrogen-bond acceptors (Lipinski definition) is 4. The number of carbonyl (C=O) groups excluding carboxylic acids is 1. The second kappa shape index (κ2) is 5.01. The third-order valence-corrected chi connectivity index (χ3v) is 2.87. The first-order valence-corrected chi connectivity index (χ1v) is 5.70. The molecule has 1 aliphatic rings. The molecule has 1 saturated heterocycles. The number of nitrogens with two attached hydrogens (primary N) is 1. The molecule has 0 spiro atoms. The second-order valence-corrected chi connectivity index (χ2v) is 5.28. The number of hydrogen-bond donors (Lipinski definition) is 3. The van der Waals surface area contributed by atoms with Crippen LogP contribution < -0.4 is 5.73 Å². The first kappa shape index (κ1) is 13.9. The van der Waals surface area contributed by atoms with Crippen LogP contribution in [0.1, 0.15) is 33.1 Å². The van der Waals surface area contributed by atoms with E-state index in [1.165, 1.54) is 4.90 Å². The van der Waals surface area contributed by atoms with E-state index in [9.17, 15) is 14.7 Å². The number of carboxylic acids is 1. The average molecular weight is 244 g/mol. The Bertz CT molecular complexity index is 311. The zero-order valence-electron chi connectivity index (χ0n) is 10.2. The largest absolute Gasteiger partial charge is 0.480 e. The molecule has 1 fully saturated rings. The van der Waals surface area contributed by atoms with E-state index < -0.39 is 23.7 Å². The van der Waals surface area contributed by atoms with Gasteiger partial charge in [0.05, 0.1) is 6.10 Å². The highest BCUT2D eigenvalue weighted by atomic mass is 16.4. The van der Waals surface area contributed by atoms with Crippen LogP contribution in [0.4, 0.5) is 0 Å². The van der Waals surface area contributed by atoms with E-state index in [0.29, 0.717) is 6.42 Å². The van der Waals surface area contributed by atoms with Gasteiger partial charge in [-0.2, -0.15) is 0 Å². The van der Waals surface area contributed by atoms with Crippen molar-refractivity contribution in [3.05, 3.63) is 0 Å². The summed E-state index contributed by atoms with van der Waals surface area (Å²) in [4.78, 5) is 24.0. The van der Waals surface area contributed by atoms with E-state index in [1.807, 2.05) is 13.8 Å². The van der Waals surface area contributed by atoms with Crippen molar-refractivity contribution in [2.75, 3.05) is 6.54 Å². The number of β-amino-alcohol motifs (C(OH)–C–C–N with tert-alkyl or cyclic N) is 1. The van der Waals surface area contributed by atoms with Crippen molar-refractivity contribution in [1.29, 1.82) is 0 Å². The molecule has 0 aromatic heterocycles. The van der Waals surface area contributed by atoms with Gasteiger partial charge in [-0.1, -0.05) is 0 Å². The normalized spacial score (nSPS) is 25.1. The Morgan fingerprint density at radius 2 is 2.06 bits per heavy atom. The van der Waals surface area contributed by atoms with Gasteiger partial charge in [0.1, 0.15) is 6.04 Å². The van der Waals surface area contributed by atoms with Crippen LogP contribution in [-0.2, 0) is 9.59 Å². The maximum atomic E-state index is 11.8. The van der Waals surface area contributed by atoms with Crippen LogP contribution in [0.5, 0.6) is 0 Å². The van der Waals surface area contributed by atoms with Crippen LogP contribution in [-0.4, -0.2) is 51.2 Å². The van der Waals surface area contributed by atoms with Crippen molar-refractivity contribution in [2.24, 2.45) is 5.73 Å². The lowest BCUT2D eigenvalue weighted by molar-refractivity contribution is -0.148. The molecule has 0 radical (unpaired) electrons. The fraction of sp³-hybridized carbons (Fsp3) is 0.818. The molecule has 1 rings (SSSR count). The van der Waals surface area contributed by atoms with E-state index in [0.717, 1.165) is 0 Å². The van der Waals surface area contributed by atoms with Crippen LogP contribution in [0.3, 0.4) is 0 Å². The Morgan fingerprint density at radius 1 is 1.47 bits per heavy atom. The Hall–Kier alpha value is -1.14. The summed E-state index contributed by atoms with van der Waals surface area (Å²) in [6.45, 7) is 3.72. The zero-order chi connectivity index (χ0) is 13.2. The van der Waals surface area contributed by atoms with Gasteiger partial charge >= 0.3 is 5.97 Å². The molecular formula is C11H20N2O4. The number of aliphatic hydroxyl groups is 1. The fourth-order valence-electron chi connectivity index (χ4n) is 1.90. The molecule has 0 bridgehead atoms. The van der Waals surface area contributed by atoms with E-state index in [2.05, 4.69) is 0 Å². The summed E-state index contributed by atoms with van der Waals surface area (Å²) in [5.41, 5.74) is 5.32. The fourth-order valence-corrected chi connectivity index (χ4v) is 1.90. The highest BCUT2D eigenvalue weighted by molar-refractivity contribution is 5.84. The van der Waals surface area contributed by atoms with E-state index in [4.69, 9.17) is 10.8 Å². The summed E-state index contributed by atoms with van der Waals surface area (Å²) in [6.07, 6.45) is 0.0589. The van der Waals surface area contributed by atoms with Gasteiger partial charge < -0.3 is 20.8 Å². The highest BCUT2D eigenvalue weighted by Gasteiger charge is 2.38. The molecule has 1 aliphatic heterocycles. The zero-order valence-corrected chi connectivity index (χ0v) is 10.2. The van der Waals surface area contributed by atoms with Crippen molar-refractivity contribution < 1.29 is 19.8 Å². The summed E-state index contributed by atoms with van der Waals surface area (Å²) < 4.78 is 0. The smallest absolute Gasteiger partial charge is 0.326 e. The third-order valence-electron chi connectivity index (χ3n) is 2.87. The maximum absolute atomic E-state index is 11.8. The molecule has 0 aliphatic carbocycles. The van der Waals surface area contributed by atoms with Crippen LogP contribution in [0, 0.1) is 0 Å². The SMILES string of the molecule is CC(C)(N)CCC(=O)N1CC(O)CC1C(=O)O. The monoisotopic (exact) mass is 244 g/mol. The number of nitrogens with zero attached hydrogens (tertiary/aromatic N) is 1. The van der Waals surface area contributed by atoms with Gasteiger partial charge in [0.2, 0.25) is 5.91 Å². The molecule has 0 saturated carbocycles. The van der Waals surface area contributed by atoms with Crippen molar-refractivity contribution in [3.63, 3.8) is 0 Å². The average Bonchev–Trinajstić information content (AvgIpc) is 2.55. The number of likely N-dealkylation sites (tertiary alicyclic amines) is 1. The summed E-state index contributed by atoms with van der Waals surface area (Å²) in [6, 6.07) is -0.904. The molecule has 2 atom stereocenters. The van der Waals surface area contributed by atoms with Gasteiger partial charge in [-0.05, 0) is 20.3 Å². The Labute approximate surface area is 100 Å². The molecule has 98 valence electrons. The first-order chi connectivity index (χ1) is 7.70. The second-order valence-electron chi connectivity index (χ2n) is 5.28. The lowest BCUT2D eigenvalue weighted by Gasteiger charge is -2.24. The number of carboxylic acid groups (broad SMARTS) is 1. The minimum atomic E-state index is -1.07. The lowest BCUT2D eigenvalue weighted by Crippen LogP contribution is -2.42. The number of aliphatic hydroxyl groups excluding tert-OH is 1. The number of carbonyl (C=O) groups is 2.